The highest BCUT2D eigenvalue weighted by molar-refractivity contribution is 7.92. The molecule has 1 aromatic carbocycles. The van der Waals surface area contributed by atoms with E-state index in [4.69, 9.17) is 0 Å². The van der Waals surface area contributed by atoms with Gasteiger partial charge in [-0.2, -0.15) is 0 Å². The predicted octanol–water partition coefficient (Wildman–Crippen LogP) is 1.67. The van der Waals surface area contributed by atoms with Crippen molar-refractivity contribution in [1.82, 2.24) is 4.98 Å². The molecule has 2 rings (SSSR count). The Bertz CT molecular complexity index is 714. The number of sulfonamides is 1. The maximum Gasteiger partial charge on any atom is 0.356 e. The first-order valence-corrected chi connectivity index (χ1v) is 7.14. The van der Waals surface area contributed by atoms with Crippen molar-refractivity contribution in [2.45, 2.75) is 4.90 Å². The lowest BCUT2D eigenvalue weighted by atomic mass is 10.3. The molecular weight excluding hydrogens is 280 g/mol. The molecule has 0 atom stereocenters. The van der Waals surface area contributed by atoms with Gasteiger partial charge >= 0.3 is 5.97 Å². The second-order valence-electron chi connectivity index (χ2n) is 3.82. The molecule has 0 saturated heterocycles. The zero-order valence-electron chi connectivity index (χ0n) is 10.6. The van der Waals surface area contributed by atoms with Crippen molar-refractivity contribution in [2.75, 3.05) is 11.8 Å². The van der Waals surface area contributed by atoms with E-state index >= 15 is 0 Å². The van der Waals surface area contributed by atoms with Gasteiger partial charge < -0.3 is 4.74 Å². The average molecular weight is 292 g/mol. The SMILES string of the molecule is COC(=O)c1cccc(NS(=O)(=O)c2ccccc2)n1. The van der Waals surface area contributed by atoms with Gasteiger partial charge in [-0.3, -0.25) is 4.72 Å². The lowest BCUT2D eigenvalue weighted by Gasteiger charge is -2.07. The van der Waals surface area contributed by atoms with Crippen LogP contribution >= 0.6 is 0 Å². The van der Waals surface area contributed by atoms with Gasteiger partial charge in [-0.15, -0.1) is 0 Å². The summed E-state index contributed by atoms with van der Waals surface area (Å²) < 4.78 is 31.0. The zero-order chi connectivity index (χ0) is 14.6. The first-order chi connectivity index (χ1) is 9.53. The van der Waals surface area contributed by atoms with Crippen molar-refractivity contribution in [3.63, 3.8) is 0 Å². The van der Waals surface area contributed by atoms with E-state index in [0.29, 0.717) is 0 Å². The summed E-state index contributed by atoms with van der Waals surface area (Å²) in [6, 6.07) is 12.3. The van der Waals surface area contributed by atoms with Crippen molar-refractivity contribution in [3.05, 3.63) is 54.2 Å². The lowest BCUT2D eigenvalue weighted by molar-refractivity contribution is 0.0594. The van der Waals surface area contributed by atoms with E-state index in [0.717, 1.165) is 0 Å². The van der Waals surface area contributed by atoms with Crippen molar-refractivity contribution in [1.29, 1.82) is 0 Å². The van der Waals surface area contributed by atoms with Gasteiger partial charge in [0.2, 0.25) is 0 Å². The number of benzene rings is 1. The highest BCUT2D eigenvalue weighted by Crippen LogP contribution is 2.14. The van der Waals surface area contributed by atoms with E-state index in [9.17, 15) is 13.2 Å². The lowest BCUT2D eigenvalue weighted by Crippen LogP contribution is -2.15. The maximum atomic E-state index is 12.1. The molecule has 2 aromatic rings. The molecule has 0 aliphatic rings. The minimum Gasteiger partial charge on any atom is -0.464 e. The molecule has 6 nitrogen and oxygen atoms in total. The molecule has 1 heterocycles. The Morgan fingerprint density at radius 2 is 1.80 bits per heavy atom. The normalized spacial score (nSPS) is 10.8. The molecule has 0 spiro atoms. The molecule has 1 N–H and O–H groups in total. The largest absolute Gasteiger partial charge is 0.464 e. The fourth-order valence-corrected chi connectivity index (χ4v) is 2.53. The van der Waals surface area contributed by atoms with Crippen molar-refractivity contribution in [3.8, 4) is 0 Å². The van der Waals surface area contributed by atoms with E-state index in [2.05, 4.69) is 14.4 Å². The molecule has 0 aliphatic heterocycles. The van der Waals surface area contributed by atoms with Crippen molar-refractivity contribution >= 4 is 21.8 Å². The van der Waals surface area contributed by atoms with Gasteiger partial charge in [-0.05, 0) is 24.3 Å². The number of esters is 1. The molecule has 20 heavy (non-hydrogen) atoms. The minimum absolute atomic E-state index is 0.0285. The van der Waals surface area contributed by atoms with E-state index < -0.39 is 16.0 Å². The van der Waals surface area contributed by atoms with Crippen LogP contribution in [0.5, 0.6) is 0 Å². The molecule has 0 saturated carbocycles. The summed E-state index contributed by atoms with van der Waals surface area (Å²) in [5, 5.41) is 0. The number of carbonyl (C=O) groups is 1. The topological polar surface area (TPSA) is 85.4 Å². The number of anilines is 1. The Kier molecular flexibility index (Phi) is 3.99. The molecular formula is C13H12N2O4S. The quantitative estimate of drug-likeness (QED) is 0.866. The summed E-state index contributed by atoms with van der Waals surface area (Å²) >= 11 is 0. The number of hydrogen-bond donors (Lipinski definition) is 1. The van der Waals surface area contributed by atoms with E-state index in [1.807, 2.05) is 0 Å². The Labute approximate surface area is 116 Å². The average Bonchev–Trinajstić information content (AvgIpc) is 2.47. The second kappa shape index (κ2) is 5.70. The van der Waals surface area contributed by atoms with Gasteiger partial charge in [0.25, 0.3) is 10.0 Å². The summed E-state index contributed by atoms with van der Waals surface area (Å²) in [5.74, 6) is -0.581. The summed E-state index contributed by atoms with van der Waals surface area (Å²) in [4.78, 5) is 15.3. The molecule has 0 amide bonds. The van der Waals surface area contributed by atoms with Gasteiger partial charge in [0.05, 0.1) is 12.0 Å². The molecule has 7 heteroatoms. The molecule has 104 valence electrons. The summed E-state index contributed by atoms with van der Waals surface area (Å²) in [6.45, 7) is 0. The third-order valence-electron chi connectivity index (χ3n) is 2.44. The number of ether oxygens (including phenoxy) is 1. The Morgan fingerprint density at radius 1 is 1.10 bits per heavy atom. The number of methoxy groups -OCH3 is 1. The van der Waals surface area contributed by atoms with Gasteiger partial charge in [-0.25, -0.2) is 18.2 Å². The summed E-state index contributed by atoms with van der Waals surface area (Å²) in [7, 11) is -2.50. The highest BCUT2D eigenvalue weighted by Gasteiger charge is 2.15. The van der Waals surface area contributed by atoms with Crippen molar-refractivity contribution in [2.24, 2.45) is 0 Å². The Morgan fingerprint density at radius 3 is 2.45 bits per heavy atom. The number of aromatic nitrogens is 1. The van der Waals surface area contributed by atoms with Gasteiger partial charge in [0, 0.05) is 0 Å². The van der Waals surface area contributed by atoms with Crippen LogP contribution in [0.4, 0.5) is 5.82 Å². The molecule has 0 unspecified atom stereocenters. The maximum absolute atomic E-state index is 12.1. The van der Waals surface area contributed by atoms with Crippen LogP contribution < -0.4 is 4.72 Å². The molecule has 0 radical (unpaired) electrons. The fourth-order valence-electron chi connectivity index (χ4n) is 1.51. The number of carbonyl (C=O) groups excluding carboxylic acids is 1. The minimum atomic E-state index is -3.73. The van der Waals surface area contributed by atoms with Crippen LogP contribution in [-0.2, 0) is 14.8 Å². The number of hydrogen-bond acceptors (Lipinski definition) is 5. The number of rotatable bonds is 4. The highest BCUT2D eigenvalue weighted by atomic mass is 32.2. The van der Waals surface area contributed by atoms with Crippen LogP contribution in [0, 0.1) is 0 Å². The molecule has 0 bridgehead atoms. The number of pyridine rings is 1. The first kappa shape index (κ1) is 14.0. The molecule has 0 aliphatic carbocycles. The second-order valence-corrected chi connectivity index (χ2v) is 5.50. The number of nitrogens with zero attached hydrogens (tertiary/aromatic N) is 1. The van der Waals surface area contributed by atoms with Gasteiger partial charge in [0.1, 0.15) is 5.82 Å². The van der Waals surface area contributed by atoms with Crippen LogP contribution in [0.15, 0.2) is 53.4 Å². The molecule has 0 fully saturated rings. The molecule has 1 aromatic heterocycles. The predicted molar refractivity (Wildman–Crippen MR) is 72.8 cm³/mol. The Balaban J connectivity index is 2.29. The van der Waals surface area contributed by atoms with E-state index in [1.54, 1.807) is 18.2 Å². The first-order valence-electron chi connectivity index (χ1n) is 5.66. The van der Waals surface area contributed by atoms with Crippen LogP contribution in [-0.4, -0.2) is 26.5 Å². The van der Waals surface area contributed by atoms with Crippen LogP contribution in [0.2, 0.25) is 0 Å². The monoisotopic (exact) mass is 292 g/mol. The van der Waals surface area contributed by atoms with Crippen LogP contribution in [0.3, 0.4) is 0 Å². The van der Waals surface area contributed by atoms with E-state index in [1.165, 1.54) is 37.4 Å². The van der Waals surface area contributed by atoms with Gasteiger partial charge in [0.15, 0.2) is 5.69 Å². The Hall–Kier alpha value is -2.41. The third kappa shape index (κ3) is 3.12. The third-order valence-corrected chi connectivity index (χ3v) is 3.81. The fraction of sp³-hybridized carbons (Fsp3) is 0.0769. The van der Waals surface area contributed by atoms with Gasteiger partial charge in [-0.1, -0.05) is 24.3 Å². The standard InChI is InChI=1S/C13H12N2O4S/c1-19-13(16)11-8-5-9-12(14-11)15-20(17,18)10-6-3-2-4-7-10/h2-9H,1H3,(H,14,15). The summed E-state index contributed by atoms with van der Waals surface area (Å²) in [5.41, 5.74) is 0.0285. The smallest absolute Gasteiger partial charge is 0.356 e. The summed E-state index contributed by atoms with van der Waals surface area (Å²) in [6.07, 6.45) is 0. The van der Waals surface area contributed by atoms with Crippen LogP contribution in [0.1, 0.15) is 10.5 Å². The number of nitrogens with one attached hydrogen (secondary N) is 1. The van der Waals surface area contributed by atoms with Crippen LogP contribution in [0.25, 0.3) is 0 Å². The van der Waals surface area contributed by atoms with E-state index in [-0.39, 0.29) is 16.4 Å². The van der Waals surface area contributed by atoms with Crippen molar-refractivity contribution < 1.29 is 17.9 Å². The zero-order valence-corrected chi connectivity index (χ0v) is 11.4.